The van der Waals surface area contributed by atoms with Crippen molar-refractivity contribution in [3.8, 4) is 0 Å². The summed E-state index contributed by atoms with van der Waals surface area (Å²) in [5, 5.41) is 0. The van der Waals surface area contributed by atoms with Gasteiger partial charge in [-0.2, -0.15) is 0 Å². The van der Waals surface area contributed by atoms with Gasteiger partial charge in [-0.25, -0.2) is 9.97 Å². The predicted molar refractivity (Wildman–Crippen MR) is 40.2 cm³/mol. The highest BCUT2D eigenvalue weighted by Gasteiger charge is 2.28. The minimum Gasteiger partial charge on any atom is -0.368 e. The minimum atomic E-state index is 0.274. The average molecular weight is 150 g/mol. The van der Waals surface area contributed by atoms with Crippen LogP contribution in [-0.2, 0) is 4.74 Å². The van der Waals surface area contributed by atoms with E-state index in [2.05, 4.69) is 9.97 Å². The van der Waals surface area contributed by atoms with E-state index in [0.29, 0.717) is 0 Å². The number of aromatic nitrogens is 2. The van der Waals surface area contributed by atoms with E-state index in [1.807, 2.05) is 13.8 Å². The fourth-order valence-electron chi connectivity index (χ4n) is 1.28. The summed E-state index contributed by atoms with van der Waals surface area (Å²) in [6, 6.07) is 0. The standard InChI is InChI=1S/C8H10N2O/c1-5-8(7-3-11-7)6(2)10-4-9-5/h4,7H,3H2,1-2H3. The molecule has 1 unspecified atom stereocenters. The molecular formula is C8H10N2O. The third-order valence-electron chi connectivity index (χ3n) is 1.94. The molecule has 0 aliphatic carbocycles. The highest BCUT2D eigenvalue weighted by molar-refractivity contribution is 5.27. The Morgan fingerprint density at radius 1 is 1.36 bits per heavy atom. The molecule has 11 heavy (non-hydrogen) atoms. The van der Waals surface area contributed by atoms with Gasteiger partial charge in [-0.05, 0) is 13.8 Å². The molecule has 1 aliphatic heterocycles. The van der Waals surface area contributed by atoms with Gasteiger partial charge in [-0.15, -0.1) is 0 Å². The van der Waals surface area contributed by atoms with Crippen molar-refractivity contribution >= 4 is 0 Å². The van der Waals surface area contributed by atoms with E-state index in [1.165, 1.54) is 5.56 Å². The van der Waals surface area contributed by atoms with E-state index in [-0.39, 0.29) is 6.10 Å². The lowest BCUT2D eigenvalue weighted by Crippen LogP contribution is -1.97. The molecule has 1 aromatic rings. The Kier molecular flexibility index (Phi) is 1.39. The molecule has 1 atom stereocenters. The maximum atomic E-state index is 5.18. The molecule has 0 N–H and O–H groups in total. The third-order valence-corrected chi connectivity index (χ3v) is 1.94. The molecule has 2 rings (SSSR count). The molecule has 1 saturated heterocycles. The van der Waals surface area contributed by atoms with E-state index in [4.69, 9.17) is 4.74 Å². The summed E-state index contributed by atoms with van der Waals surface area (Å²) in [6.45, 7) is 4.81. The molecule has 1 fully saturated rings. The predicted octanol–water partition coefficient (Wildman–Crippen LogP) is 1.16. The van der Waals surface area contributed by atoms with Gasteiger partial charge in [0.05, 0.1) is 6.61 Å². The Labute approximate surface area is 65.4 Å². The molecule has 1 aromatic heterocycles. The van der Waals surface area contributed by atoms with Crippen molar-refractivity contribution in [2.75, 3.05) is 6.61 Å². The molecule has 0 aromatic carbocycles. The minimum absolute atomic E-state index is 0.274. The molecule has 3 nitrogen and oxygen atoms in total. The van der Waals surface area contributed by atoms with Crippen molar-refractivity contribution in [1.29, 1.82) is 0 Å². The number of hydrogen-bond acceptors (Lipinski definition) is 3. The first-order valence-corrected chi connectivity index (χ1v) is 3.68. The van der Waals surface area contributed by atoms with Crippen LogP contribution in [-0.4, -0.2) is 16.6 Å². The average Bonchev–Trinajstić information content (AvgIpc) is 2.70. The Morgan fingerprint density at radius 2 is 1.91 bits per heavy atom. The monoisotopic (exact) mass is 150 g/mol. The number of aryl methyl sites for hydroxylation is 2. The Bertz CT molecular complexity index is 261. The van der Waals surface area contributed by atoms with Gasteiger partial charge in [-0.3, -0.25) is 0 Å². The summed E-state index contributed by atoms with van der Waals surface area (Å²) in [6.07, 6.45) is 1.87. The van der Waals surface area contributed by atoms with E-state index < -0.39 is 0 Å². The van der Waals surface area contributed by atoms with Gasteiger partial charge in [0.15, 0.2) is 0 Å². The van der Waals surface area contributed by atoms with Crippen LogP contribution in [0.25, 0.3) is 0 Å². The zero-order valence-corrected chi connectivity index (χ0v) is 6.66. The number of epoxide rings is 1. The first-order valence-electron chi connectivity index (χ1n) is 3.68. The molecule has 0 spiro atoms. The van der Waals surface area contributed by atoms with Crippen LogP contribution in [0.5, 0.6) is 0 Å². The van der Waals surface area contributed by atoms with Crippen LogP contribution in [0.3, 0.4) is 0 Å². The van der Waals surface area contributed by atoms with Crippen LogP contribution in [0.15, 0.2) is 6.33 Å². The molecule has 3 heteroatoms. The van der Waals surface area contributed by atoms with E-state index in [0.717, 1.165) is 18.0 Å². The molecule has 0 amide bonds. The molecule has 1 aliphatic rings. The fourth-order valence-corrected chi connectivity index (χ4v) is 1.28. The molecular weight excluding hydrogens is 140 g/mol. The third kappa shape index (κ3) is 1.12. The Morgan fingerprint density at radius 3 is 2.36 bits per heavy atom. The van der Waals surface area contributed by atoms with Gasteiger partial charge in [0.25, 0.3) is 0 Å². The van der Waals surface area contributed by atoms with Crippen molar-refractivity contribution in [3.63, 3.8) is 0 Å². The van der Waals surface area contributed by atoms with Gasteiger partial charge in [-0.1, -0.05) is 0 Å². The number of rotatable bonds is 1. The normalized spacial score (nSPS) is 21.8. The van der Waals surface area contributed by atoms with Gasteiger partial charge in [0.1, 0.15) is 12.4 Å². The van der Waals surface area contributed by atoms with Crippen molar-refractivity contribution in [2.45, 2.75) is 20.0 Å². The molecule has 0 saturated carbocycles. The second kappa shape index (κ2) is 2.27. The van der Waals surface area contributed by atoms with Crippen molar-refractivity contribution in [1.82, 2.24) is 9.97 Å². The Balaban J connectivity index is 2.48. The van der Waals surface area contributed by atoms with Gasteiger partial charge >= 0.3 is 0 Å². The first-order chi connectivity index (χ1) is 5.29. The lowest BCUT2D eigenvalue weighted by Gasteiger charge is -2.02. The highest BCUT2D eigenvalue weighted by atomic mass is 16.6. The maximum absolute atomic E-state index is 5.18. The summed E-state index contributed by atoms with van der Waals surface area (Å²) in [5.41, 5.74) is 3.26. The second-order valence-corrected chi connectivity index (χ2v) is 2.78. The lowest BCUT2D eigenvalue weighted by atomic mass is 10.1. The smallest absolute Gasteiger partial charge is 0.115 e. The zero-order chi connectivity index (χ0) is 7.84. The maximum Gasteiger partial charge on any atom is 0.115 e. The summed E-state index contributed by atoms with van der Waals surface area (Å²) in [5.74, 6) is 0. The number of hydrogen-bond donors (Lipinski definition) is 0. The van der Waals surface area contributed by atoms with E-state index in [9.17, 15) is 0 Å². The Hall–Kier alpha value is -0.960. The summed E-state index contributed by atoms with van der Waals surface area (Å²) in [7, 11) is 0. The van der Waals surface area contributed by atoms with Crippen molar-refractivity contribution in [3.05, 3.63) is 23.3 Å². The summed E-state index contributed by atoms with van der Waals surface area (Å²) >= 11 is 0. The molecule has 58 valence electrons. The van der Waals surface area contributed by atoms with Gasteiger partial charge < -0.3 is 4.74 Å². The lowest BCUT2D eigenvalue weighted by molar-refractivity contribution is 0.413. The summed E-state index contributed by atoms with van der Waals surface area (Å²) < 4.78 is 5.18. The van der Waals surface area contributed by atoms with Crippen molar-refractivity contribution in [2.24, 2.45) is 0 Å². The SMILES string of the molecule is Cc1ncnc(C)c1C1CO1. The van der Waals surface area contributed by atoms with Crippen LogP contribution in [0, 0.1) is 13.8 Å². The van der Waals surface area contributed by atoms with E-state index >= 15 is 0 Å². The quantitative estimate of drug-likeness (QED) is 0.564. The van der Waals surface area contributed by atoms with Crippen LogP contribution < -0.4 is 0 Å². The van der Waals surface area contributed by atoms with Crippen LogP contribution in [0.4, 0.5) is 0 Å². The zero-order valence-electron chi connectivity index (χ0n) is 6.66. The van der Waals surface area contributed by atoms with Crippen LogP contribution in [0.1, 0.15) is 23.1 Å². The second-order valence-electron chi connectivity index (χ2n) is 2.78. The number of nitrogens with zero attached hydrogens (tertiary/aromatic N) is 2. The highest BCUT2D eigenvalue weighted by Crippen LogP contribution is 2.32. The topological polar surface area (TPSA) is 38.3 Å². The molecule has 2 heterocycles. The fraction of sp³-hybridized carbons (Fsp3) is 0.500. The van der Waals surface area contributed by atoms with Crippen LogP contribution >= 0.6 is 0 Å². The number of ether oxygens (including phenoxy) is 1. The molecule has 0 radical (unpaired) electrons. The summed E-state index contributed by atoms with van der Waals surface area (Å²) in [4.78, 5) is 8.22. The first kappa shape index (κ1) is 6.73. The van der Waals surface area contributed by atoms with Gasteiger partial charge in [0, 0.05) is 17.0 Å². The van der Waals surface area contributed by atoms with Crippen molar-refractivity contribution < 1.29 is 4.74 Å². The van der Waals surface area contributed by atoms with E-state index in [1.54, 1.807) is 6.33 Å². The van der Waals surface area contributed by atoms with Gasteiger partial charge in [0.2, 0.25) is 0 Å². The largest absolute Gasteiger partial charge is 0.368 e. The van der Waals surface area contributed by atoms with Crippen LogP contribution in [0.2, 0.25) is 0 Å². The molecule has 0 bridgehead atoms.